The van der Waals surface area contributed by atoms with E-state index in [1.165, 1.54) is 18.1 Å². The number of phenols is 1. The number of benzene rings is 2. The van der Waals surface area contributed by atoms with Crippen molar-refractivity contribution in [2.24, 2.45) is 23.5 Å². The summed E-state index contributed by atoms with van der Waals surface area (Å²) in [5.41, 5.74) is 4.09. The maximum Gasteiger partial charge on any atom is 0.323 e. The van der Waals surface area contributed by atoms with E-state index in [2.05, 4.69) is 5.32 Å². The van der Waals surface area contributed by atoms with Crippen molar-refractivity contribution in [1.82, 2.24) is 10.2 Å². The highest BCUT2D eigenvalue weighted by atomic mass is 16.5. The lowest BCUT2D eigenvalue weighted by molar-refractivity contribution is -0.153. The Labute approximate surface area is 284 Å². The SMILES string of the molecule is CCOC(=O)C(NCc1ccc(OC)c(-c2ccc(O)c3c2C[C@@H]2C[C@@H]4C(N(C)C)C(=O)C(C(N)=O)=C(O)[C@]4(O)C(=O)C2=C3O)c1)C(C)C. The van der Waals surface area contributed by atoms with E-state index in [4.69, 9.17) is 15.2 Å². The van der Waals surface area contributed by atoms with Gasteiger partial charge in [-0.05, 0) is 80.6 Å². The molecule has 2 unspecified atom stereocenters. The van der Waals surface area contributed by atoms with Crippen molar-refractivity contribution in [3.63, 3.8) is 0 Å². The number of primary amides is 1. The Morgan fingerprint density at radius 2 is 1.80 bits per heavy atom. The largest absolute Gasteiger partial charge is 0.508 e. The molecule has 1 fully saturated rings. The molecule has 0 spiro atoms. The number of hydrogen-bond acceptors (Lipinski definition) is 12. The number of nitrogens with one attached hydrogen (secondary N) is 1. The van der Waals surface area contributed by atoms with E-state index < -0.39 is 64.1 Å². The summed E-state index contributed by atoms with van der Waals surface area (Å²) in [5.74, 6) is -7.06. The highest BCUT2D eigenvalue weighted by molar-refractivity contribution is 6.24. The number of likely N-dealkylation sites (N-methyl/N-ethyl adjacent to an activating group) is 1. The molecule has 262 valence electrons. The van der Waals surface area contributed by atoms with E-state index >= 15 is 0 Å². The molecule has 0 bridgehead atoms. The van der Waals surface area contributed by atoms with Crippen LogP contribution in [0.15, 0.2) is 47.2 Å². The third kappa shape index (κ3) is 5.75. The highest BCUT2D eigenvalue weighted by Gasteiger charge is 2.64. The van der Waals surface area contributed by atoms with Crippen LogP contribution in [0.4, 0.5) is 0 Å². The van der Waals surface area contributed by atoms with Gasteiger partial charge in [0.2, 0.25) is 5.78 Å². The molecule has 13 nitrogen and oxygen atoms in total. The molecule has 1 saturated carbocycles. The third-order valence-electron chi connectivity index (χ3n) is 9.89. The molecule has 5 atom stereocenters. The zero-order chi connectivity index (χ0) is 36.1. The topological polar surface area (TPSA) is 209 Å². The highest BCUT2D eigenvalue weighted by Crippen LogP contribution is 2.54. The molecule has 2 aromatic carbocycles. The number of esters is 1. The average molecular weight is 678 g/mol. The molecule has 13 heteroatoms. The fraction of sp³-hybridized carbons (Fsp3) is 0.444. The van der Waals surface area contributed by atoms with Crippen molar-refractivity contribution in [2.75, 3.05) is 27.8 Å². The van der Waals surface area contributed by atoms with Gasteiger partial charge in [0.1, 0.15) is 34.6 Å². The summed E-state index contributed by atoms with van der Waals surface area (Å²) in [6.45, 7) is 6.16. The van der Waals surface area contributed by atoms with E-state index in [-0.39, 0.29) is 48.2 Å². The molecule has 0 aliphatic heterocycles. The molecule has 0 radical (unpaired) electrons. The predicted octanol–water partition coefficient (Wildman–Crippen LogP) is 2.32. The van der Waals surface area contributed by atoms with Gasteiger partial charge in [0.25, 0.3) is 5.91 Å². The zero-order valence-electron chi connectivity index (χ0n) is 28.4. The number of rotatable bonds is 10. The smallest absolute Gasteiger partial charge is 0.323 e. The molecule has 3 aliphatic rings. The van der Waals surface area contributed by atoms with Crippen LogP contribution >= 0.6 is 0 Å². The van der Waals surface area contributed by atoms with E-state index in [9.17, 15) is 39.6 Å². The van der Waals surface area contributed by atoms with Gasteiger partial charge in [0.15, 0.2) is 11.4 Å². The Kier molecular flexibility index (Phi) is 9.66. The first-order valence-electron chi connectivity index (χ1n) is 16.2. The summed E-state index contributed by atoms with van der Waals surface area (Å²) in [6.07, 6.45) is 0.0780. The number of carbonyl (C=O) groups excluding carboxylic acids is 4. The molecular weight excluding hydrogens is 634 g/mol. The number of amides is 1. The summed E-state index contributed by atoms with van der Waals surface area (Å²) in [5, 5.41) is 48.9. The van der Waals surface area contributed by atoms with Crippen LogP contribution in [-0.2, 0) is 36.9 Å². The normalized spacial score (nSPS) is 24.1. The minimum absolute atomic E-state index is 0.0263. The number of carbonyl (C=O) groups is 4. The Balaban J connectivity index is 1.62. The van der Waals surface area contributed by atoms with Crippen LogP contribution in [0.1, 0.15) is 43.9 Å². The molecule has 49 heavy (non-hydrogen) atoms. The third-order valence-corrected chi connectivity index (χ3v) is 9.89. The summed E-state index contributed by atoms with van der Waals surface area (Å²) in [6, 6.07) is 6.82. The van der Waals surface area contributed by atoms with Gasteiger partial charge < -0.3 is 41.0 Å². The standard InChI is InChI=1S/C36H43N3O10/c1-7-49-35(46)28(16(2)3)38-15-17-8-11-24(48-6)20(12-17)19-9-10-23(40)26-21(19)13-18-14-22-29(39(4)5)31(42)27(34(37)45)33(44)36(22,47)32(43)25(18)30(26)41/h8-12,16,18,22,28-29,38,40-41,44,47H,7,13-15H2,1-6H3,(H2,37,45)/t18-,22-,28?,29?,36-/m1/s1. The van der Waals surface area contributed by atoms with Crippen LogP contribution in [0, 0.1) is 17.8 Å². The molecule has 3 aliphatic carbocycles. The number of ketones is 2. The quantitative estimate of drug-likeness (QED) is 0.158. The van der Waals surface area contributed by atoms with Crippen LogP contribution in [0.25, 0.3) is 16.9 Å². The van der Waals surface area contributed by atoms with Gasteiger partial charge in [-0.3, -0.25) is 24.1 Å². The van der Waals surface area contributed by atoms with Gasteiger partial charge in [-0.1, -0.05) is 26.0 Å². The van der Waals surface area contributed by atoms with Crippen molar-refractivity contribution >= 4 is 29.2 Å². The number of ether oxygens (including phenoxy) is 2. The molecule has 0 aromatic heterocycles. The molecule has 1 amide bonds. The van der Waals surface area contributed by atoms with Gasteiger partial charge in [0, 0.05) is 23.6 Å². The number of hydrogen-bond donors (Lipinski definition) is 6. The molecule has 5 rings (SSSR count). The van der Waals surface area contributed by atoms with Crippen molar-refractivity contribution in [3.8, 4) is 22.6 Å². The van der Waals surface area contributed by atoms with Crippen LogP contribution in [0.5, 0.6) is 11.5 Å². The Morgan fingerprint density at radius 1 is 1.10 bits per heavy atom. The average Bonchev–Trinajstić information content (AvgIpc) is 3.02. The van der Waals surface area contributed by atoms with Crippen molar-refractivity contribution in [3.05, 3.63) is 63.9 Å². The van der Waals surface area contributed by atoms with Gasteiger partial charge in [-0.25, -0.2) is 0 Å². The molecule has 2 aromatic rings. The fourth-order valence-electron chi connectivity index (χ4n) is 7.62. The number of aliphatic hydroxyl groups is 3. The van der Waals surface area contributed by atoms with E-state index in [1.807, 2.05) is 26.0 Å². The van der Waals surface area contributed by atoms with E-state index in [0.717, 1.165) is 5.56 Å². The van der Waals surface area contributed by atoms with Crippen molar-refractivity contribution in [1.29, 1.82) is 0 Å². The van der Waals surface area contributed by atoms with Gasteiger partial charge >= 0.3 is 5.97 Å². The monoisotopic (exact) mass is 677 g/mol. The van der Waals surface area contributed by atoms with E-state index in [1.54, 1.807) is 33.2 Å². The second-order valence-electron chi connectivity index (χ2n) is 13.3. The van der Waals surface area contributed by atoms with E-state index in [0.29, 0.717) is 29.0 Å². The van der Waals surface area contributed by atoms with Crippen molar-refractivity contribution in [2.45, 2.75) is 57.8 Å². The Hall–Kier alpha value is -4.72. The summed E-state index contributed by atoms with van der Waals surface area (Å²) < 4.78 is 10.9. The van der Waals surface area contributed by atoms with Gasteiger partial charge in [0.05, 0.1) is 25.3 Å². The molecular formula is C36H43N3O10. The van der Waals surface area contributed by atoms with Crippen LogP contribution < -0.4 is 15.8 Å². The van der Waals surface area contributed by atoms with Crippen LogP contribution in [-0.4, -0.2) is 94.3 Å². The first kappa shape index (κ1) is 35.6. The number of nitrogens with zero attached hydrogens (tertiary/aromatic N) is 1. The van der Waals surface area contributed by atoms with Crippen molar-refractivity contribution < 1.29 is 49.1 Å². The van der Waals surface area contributed by atoms with Crippen LogP contribution in [0.2, 0.25) is 0 Å². The van der Waals surface area contributed by atoms with Gasteiger partial charge in [-0.2, -0.15) is 0 Å². The molecule has 7 N–H and O–H groups in total. The first-order chi connectivity index (χ1) is 23.1. The summed E-state index contributed by atoms with van der Waals surface area (Å²) in [4.78, 5) is 53.8. The number of aliphatic hydroxyl groups excluding tert-OH is 2. The van der Waals surface area contributed by atoms with Crippen LogP contribution in [0.3, 0.4) is 0 Å². The second-order valence-corrected chi connectivity index (χ2v) is 13.3. The lowest BCUT2D eigenvalue weighted by Gasteiger charge is -2.50. The maximum absolute atomic E-state index is 14.2. The second kappa shape index (κ2) is 13.3. The Bertz CT molecular complexity index is 1790. The number of methoxy groups -OCH3 is 1. The fourth-order valence-corrected chi connectivity index (χ4v) is 7.62. The first-order valence-corrected chi connectivity index (χ1v) is 16.2. The zero-order valence-corrected chi connectivity index (χ0v) is 28.4. The molecule has 0 heterocycles. The maximum atomic E-state index is 14.2. The number of aromatic hydroxyl groups is 1. The summed E-state index contributed by atoms with van der Waals surface area (Å²) in [7, 11) is 4.61. The number of phenolic OH excluding ortho intramolecular Hbond substituents is 1. The lowest BCUT2D eigenvalue weighted by Crippen LogP contribution is -2.65. The number of nitrogens with two attached hydrogens (primary N) is 1. The summed E-state index contributed by atoms with van der Waals surface area (Å²) >= 11 is 0. The Morgan fingerprint density at radius 3 is 2.39 bits per heavy atom. The number of fused-ring (bicyclic) bond motifs is 3. The number of Topliss-reactive ketones (excluding diaryl/α,β-unsaturated/α-hetero) is 2. The minimum atomic E-state index is -2.72. The molecule has 0 saturated heterocycles. The van der Waals surface area contributed by atoms with Gasteiger partial charge in [-0.15, -0.1) is 0 Å². The predicted molar refractivity (Wildman–Crippen MR) is 178 cm³/mol. The lowest BCUT2D eigenvalue weighted by atomic mass is 9.57. The minimum Gasteiger partial charge on any atom is -0.508 e.